The van der Waals surface area contributed by atoms with Crippen molar-refractivity contribution >= 4 is 5.91 Å². The van der Waals surface area contributed by atoms with Crippen LogP contribution in [0.15, 0.2) is 28.8 Å². The number of hydrogen-bond acceptors (Lipinski definition) is 9. The molecule has 1 aliphatic carbocycles. The number of amides is 1. The lowest BCUT2D eigenvalue weighted by Crippen LogP contribution is -2.36. The van der Waals surface area contributed by atoms with Crippen LogP contribution in [0.25, 0.3) is 23.0 Å². The molecule has 0 aliphatic heterocycles. The van der Waals surface area contributed by atoms with Crippen molar-refractivity contribution in [2.75, 3.05) is 19.8 Å². The fourth-order valence-corrected chi connectivity index (χ4v) is 4.43. The maximum Gasteiger partial charge on any atom is 0.276 e. The van der Waals surface area contributed by atoms with Crippen LogP contribution in [0.4, 0.5) is 0 Å². The van der Waals surface area contributed by atoms with Crippen LogP contribution < -0.4 is 14.8 Å². The van der Waals surface area contributed by atoms with Gasteiger partial charge in [0.1, 0.15) is 36.5 Å². The fraction of sp³-hybridized carbons (Fsp3) is 0.481. The van der Waals surface area contributed by atoms with Crippen LogP contribution in [0.1, 0.15) is 49.4 Å². The van der Waals surface area contributed by atoms with Gasteiger partial charge in [-0.2, -0.15) is 4.98 Å². The molecule has 1 amide bonds. The van der Waals surface area contributed by atoms with Gasteiger partial charge >= 0.3 is 0 Å². The number of nitrogens with one attached hydrogen (secondary N) is 1. The van der Waals surface area contributed by atoms with Gasteiger partial charge in [-0.1, -0.05) is 12.1 Å². The number of aromatic nitrogens is 3. The zero-order valence-electron chi connectivity index (χ0n) is 21.5. The molecule has 1 aliphatic rings. The number of carbonyl (C=O) groups is 1. The zero-order valence-corrected chi connectivity index (χ0v) is 21.5. The molecule has 1 atom stereocenters. The van der Waals surface area contributed by atoms with Crippen LogP contribution in [0.5, 0.6) is 11.5 Å². The third kappa shape index (κ3) is 6.84. The van der Waals surface area contributed by atoms with Crippen LogP contribution in [0.2, 0.25) is 0 Å². The van der Waals surface area contributed by atoms with Crippen LogP contribution in [-0.2, 0) is 11.2 Å². The molecule has 2 aromatic heterocycles. The average Bonchev–Trinajstić information content (AvgIpc) is 3.58. The fourth-order valence-electron chi connectivity index (χ4n) is 4.43. The molecular weight excluding hydrogens is 476 g/mol. The van der Waals surface area contributed by atoms with Crippen molar-refractivity contribution in [1.82, 2.24) is 20.4 Å². The quantitative estimate of drug-likeness (QED) is 0.355. The maximum atomic E-state index is 11.2. The van der Waals surface area contributed by atoms with Crippen LogP contribution in [0, 0.1) is 13.8 Å². The van der Waals surface area contributed by atoms with Crippen LogP contribution >= 0.6 is 0 Å². The predicted octanol–water partition coefficient (Wildman–Crippen LogP) is 3.15. The minimum Gasteiger partial charge on any atom is -0.490 e. The minimum atomic E-state index is -0.914. The molecule has 0 spiro atoms. The molecule has 0 saturated heterocycles. The Labute approximate surface area is 216 Å². The number of benzene rings is 1. The van der Waals surface area contributed by atoms with Gasteiger partial charge < -0.3 is 29.5 Å². The number of aryl methyl sites for hydroxylation is 3. The summed E-state index contributed by atoms with van der Waals surface area (Å²) in [6.07, 6.45) is 4.54. The van der Waals surface area contributed by atoms with Gasteiger partial charge in [0.25, 0.3) is 5.89 Å². The molecule has 10 heteroatoms. The Morgan fingerprint density at radius 1 is 1.19 bits per heavy atom. The van der Waals surface area contributed by atoms with Crippen molar-refractivity contribution in [2.24, 2.45) is 0 Å². The Kier molecular flexibility index (Phi) is 8.73. The van der Waals surface area contributed by atoms with E-state index in [0.29, 0.717) is 29.6 Å². The highest BCUT2D eigenvalue weighted by Crippen LogP contribution is 2.32. The summed E-state index contributed by atoms with van der Waals surface area (Å²) < 4.78 is 17.6. The van der Waals surface area contributed by atoms with Crippen molar-refractivity contribution in [1.29, 1.82) is 0 Å². The number of pyridine rings is 1. The predicted molar refractivity (Wildman–Crippen MR) is 136 cm³/mol. The first-order valence-corrected chi connectivity index (χ1v) is 12.7. The van der Waals surface area contributed by atoms with Gasteiger partial charge in [0.05, 0.1) is 6.10 Å². The summed E-state index contributed by atoms with van der Waals surface area (Å²) >= 11 is 0. The molecule has 1 fully saturated rings. The van der Waals surface area contributed by atoms with E-state index in [2.05, 4.69) is 20.4 Å². The smallest absolute Gasteiger partial charge is 0.276 e. The van der Waals surface area contributed by atoms with Gasteiger partial charge in [-0.05, 0) is 69.2 Å². The average molecular weight is 511 g/mol. The van der Waals surface area contributed by atoms with E-state index < -0.39 is 18.6 Å². The van der Waals surface area contributed by atoms with Crippen molar-refractivity contribution < 1.29 is 29.0 Å². The van der Waals surface area contributed by atoms with E-state index in [4.69, 9.17) is 19.1 Å². The zero-order chi connectivity index (χ0) is 26.4. The standard InChI is InChI=1S/C27H34N4O6/c1-4-18-11-19(9-16(2)25(18)35-15-20(33)13-28-24(34)14-32)26-30-27(37-31-26)23-12-22(10-17(3)29-23)36-21-7-5-6-8-21/h9-12,20-21,32-33H,4-8,13-15H2,1-3H3,(H,28,34)/t20-/m0/s1. The van der Waals surface area contributed by atoms with E-state index in [9.17, 15) is 9.90 Å². The highest BCUT2D eigenvalue weighted by atomic mass is 16.5. The maximum absolute atomic E-state index is 11.2. The molecule has 10 nitrogen and oxygen atoms in total. The van der Waals surface area contributed by atoms with Gasteiger partial charge in [0.15, 0.2) is 0 Å². The summed E-state index contributed by atoms with van der Waals surface area (Å²) in [5.74, 6) is 1.63. The molecule has 1 aromatic carbocycles. The monoisotopic (exact) mass is 510 g/mol. The first-order chi connectivity index (χ1) is 17.9. The highest BCUT2D eigenvalue weighted by molar-refractivity contribution is 5.76. The topological polar surface area (TPSA) is 140 Å². The Morgan fingerprint density at radius 3 is 2.70 bits per heavy atom. The van der Waals surface area contributed by atoms with Crippen molar-refractivity contribution in [3.8, 4) is 34.5 Å². The van der Waals surface area contributed by atoms with Crippen LogP contribution in [0.3, 0.4) is 0 Å². The molecule has 37 heavy (non-hydrogen) atoms. The van der Waals surface area contributed by atoms with E-state index in [1.807, 2.05) is 45.0 Å². The molecule has 4 rings (SSSR count). The van der Waals surface area contributed by atoms with Gasteiger partial charge in [-0.15, -0.1) is 0 Å². The van der Waals surface area contributed by atoms with Gasteiger partial charge in [-0.25, -0.2) is 4.98 Å². The minimum absolute atomic E-state index is 0.00442. The molecule has 198 valence electrons. The van der Waals surface area contributed by atoms with E-state index >= 15 is 0 Å². The van der Waals surface area contributed by atoms with E-state index in [1.165, 1.54) is 12.8 Å². The molecule has 3 aromatic rings. The number of carbonyl (C=O) groups excluding carboxylic acids is 1. The Hall–Kier alpha value is -3.50. The summed E-state index contributed by atoms with van der Waals surface area (Å²) in [5.41, 5.74) is 3.94. The molecule has 0 radical (unpaired) electrons. The third-order valence-corrected chi connectivity index (χ3v) is 6.27. The molecular formula is C27H34N4O6. The van der Waals surface area contributed by atoms with E-state index in [1.54, 1.807) is 0 Å². The third-order valence-electron chi connectivity index (χ3n) is 6.27. The summed E-state index contributed by atoms with van der Waals surface area (Å²) in [5, 5.41) is 25.5. The molecule has 1 saturated carbocycles. The second-order valence-electron chi connectivity index (χ2n) is 9.34. The molecule has 0 unspecified atom stereocenters. The molecule has 2 heterocycles. The van der Waals surface area contributed by atoms with Gasteiger partial charge in [0.2, 0.25) is 11.7 Å². The van der Waals surface area contributed by atoms with E-state index in [0.717, 1.165) is 41.0 Å². The molecule has 0 bridgehead atoms. The largest absolute Gasteiger partial charge is 0.490 e. The van der Waals surface area contributed by atoms with Crippen molar-refractivity contribution in [3.63, 3.8) is 0 Å². The second-order valence-corrected chi connectivity index (χ2v) is 9.34. The van der Waals surface area contributed by atoms with Crippen LogP contribution in [-0.4, -0.2) is 63.2 Å². The summed E-state index contributed by atoms with van der Waals surface area (Å²) in [6, 6.07) is 7.61. The van der Waals surface area contributed by atoms with Gasteiger partial charge in [-0.3, -0.25) is 4.79 Å². The Morgan fingerprint density at radius 2 is 1.97 bits per heavy atom. The summed E-state index contributed by atoms with van der Waals surface area (Å²) in [6.45, 7) is 5.19. The lowest BCUT2D eigenvalue weighted by Gasteiger charge is -2.17. The lowest BCUT2D eigenvalue weighted by atomic mass is 10.0. The number of rotatable bonds is 11. The molecule has 3 N–H and O–H groups in total. The van der Waals surface area contributed by atoms with Gasteiger partial charge in [0, 0.05) is 29.9 Å². The number of aliphatic hydroxyl groups excluding tert-OH is 2. The Balaban J connectivity index is 1.49. The number of aliphatic hydroxyl groups is 2. The second kappa shape index (κ2) is 12.2. The lowest BCUT2D eigenvalue weighted by molar-refractivity contribution is -0.124. The summed E-state index contributed by atoms with van der Waals surface area (Å²) in [7, 11) is 0. The highest BCUT2D eigenvalue weighted by Gasteiger charge is 2.20. The van der Waals surface area contributed by atoms with Crippen molar-refractivity contribution in [2.45, 2.75) is 65.1 Å². The number of nitrogens with zero attached hydrogens (tertiary/aromatic N) is 3. The van der Waals surface area contributed by atoms with Crippen molar-refractivity contribution in [3.05, 3.63) is 41.1 Å². The first-order valence-electron chi connectivity index (χ1n) is 12.7. The Bertz CT molecular complexity index is 1220. The summed E-state index contributed by atoms with van der Waals surface area (Å²) in [4.78, 5) is 20.3. The number of hydrogen-bond donors (Lipinski definition) is 3. The number of ether oxygens (including phenoxy) is 2. The van der Waals surface area contributed by atoms with E-state index in [-0.39, 0.29) is 19.3 Å². The normalized spacial score (nSPS) is 14.5. The SMILES string of the molecule is CCc1cc(-c2noc(-c3cc(OC4CCCC4)cc(C)n3)n2)cc(C)c1OC[C@@H](O)CNC(=O)CO. The first kappa shape index (κ1) is 26.6.